The van der Waals surface area contributed by atoms with Crippen molar-refractivity contribution in [2.75, 3.05) is 25.1 Å². The molecule has 2 aromatic carbocycles. The van der Waals surface area contributed by atoms with Crippen molar-refractivity contribution >= 4 is 17.5 Å². The predicted octanol–water partition coefficient (Wildman–Crippen LogP) is 2.73. The van der Waals surface area contributed by atoms with Crippen molar-refractivity contribution in [3.63, 3.8) is 0 Å². The van der Waals surface area contributed by atoms with E-state index in [0.717, 1.165) is 22.6 Å². The van der Waals surface area contributed by atoms with E-state index in [0.29, 0.717) is 19.6 Å². The van der Waals surface area contributed by atoms with Crippen molar-refractivity contribution in [2.24, 2.45) is 5.92 Å². The minimum atomic E-state index is -0.350. The van der Waals surface area contributed by atoms with E-state index in [9.17, 15) is 9.59 Å². The number of aromatic nitrogens is 2. The maximum Gasteiger partial charge on any atom is 0.227 e. The minimum Gasteiger partial charge on any atom is -0.497 e. The Morgan fingerprint density at radius 2 is 1.90 bits per heavy atom. The van der Waals surface area contributed by atoms with E-state index in [1.165, 1.54) is 0 Å². The number of amides is 2. The summed E-state index contributed by atoms with van der Waals surface area (Å²) in [4.78, 5) is 26.6. The molecule has 0 saturated carbocycles. The van der Waals surface area contributed by atoms with Gasteiger partial charge in [-0.25, -0.2) is 0 Å². The number of hydrogen-bond acceptors (Lipinski definition) is 4. The van der Waals surface area contributed by atoms with Crippen LogP contribution in [0.4, 0.5) is 5.69 Å². The second-order valence-corrected chi connectivity index (χ2v) is 7.25. The summed E-state index contributed by atoms with van der Waals surface area (Å²) in [5.41, 5.74) is 2.93. The Morgan fingerprint density at radius 3 is 2.63 bits per heavy atom. The van der Waals surface area contributed by atoms with E-state index in [1.54, 1.807) is 12.0 Å². The van der Waals surface area contributed by atoms with Crippen LogP contribution < -0.4 is 15.0 Å². The van der Waals surface area contributed by atoms with E-state index in [4.69, 9.17) is 4.74 Å². The van der Waals surface area contributed by atoms with Gasteiger partial charge >= 0.3 is 0 Å². The van der Waals surface area contributed by atoms with E-state index >= 15 is 0 Å². The third-order valence-corrected chi connectivity index (χ3v) is 5.26. The van der Waals surface area contributed by atoms with Gasteiger partial charge in [-0.2, -0.15) is 5.10 Å². The molecule has 0 radical (unpaired) electrons. The number of carbonyl (C=O) groups is 2. The fourth-order valence-electron chi connectivity index (χ4n) is 3.60. The zero-order valence-electron chi connectivity index (χ0n) is 16.8. The van der Waals surface area contributed by atoms with Gasteiger partial charge in [0.1, 0.15) is 5.75 Å². The van der Waals surface area contributed by atoms with Gasteiger partial charge < -0.3 is 15.0 Å². The lowest BCUT2D eigenvalue weighted by molar-refractivity contribution is -0.126. The molecule has 3 aromatic rings. The van der Waals surface area contributed by atoms with Gasteiger partial charge in [-0.15, -0.1) is 0 Å². The molecular formula is C23H24N4O3. The summed E-state index contributed by atoms with van der Waals surface area (Å²) in [6, 6.07) is 17.3. The molecule has 1 N–H and O–H groups in total. The zero-order chi connectivity index (χ0) is 20.9. The third kappa shape index (κ3) is 4.35. The predicted molar refractivity (Wildman–Crippen MR) is 114 cm³/mol. The number of ether oxygens (including phenoxy) is 1. The third-order valence-electron chi connectivity index (χ3n) is 5.26. The second-order valence-electron chi connectivity index (χ2n) is 7.25. The van der Waals surface area contributed by atoms with Gasteiger partial charge in [0.2, 0.25) is 11.8 Å². The van der Waals surface area contributed by atoms with E-state index in [1.807, 2.05) is 71.7 Å². The lowest BCUT2D eigenvalue weighted by Gasteiger charge is -2.17. The summed E-state index contributed by atoms with van der Waals surface area (Å²) < 4.78 is 6.96. The average Bonchev–Trinajstić information content (AvgIpc) is 3.41. The lowest BCUT2D eigenvalue weighted by atomic mass is 10.1. The van der Waals surface area contributed by atoms with Gasteiger partial charge in [-0.3, -0.25) is 14.3 Å². The van der Waals surface area contributed by atoms with Gasteiger partial charge in [-0.1, -0.05) is 30.3 Å². The Kier molecular flexibility index (Phi) is 5.79. The van der Waals surface area contributed by atoms with Crippen LogP contribution in [0.3, 0.4) is 0 Å². The first-order valence-electron chi connectivity index (χ1n) is 9.94. The molecule has 2 amide bonds. The molecule has 1 aromatic heterocycles. The minimum absolute atomic E-state index is 0.0418. The highest BCUT2D eigenvalue weighted by Gasteiger charge is 2.34. The van der Waals surface area contributed by atoms with Crippen molar-refractivity contribution < 1.29 is 14.3 Å². The molecule has 1 fully saturated rings. The molecule has 0 bridgehead atoms. The maximum atomic E-state index is 12.5. The molecule has 30 heavy (non-hydrogen) atoms. The fraction of sp³-hybridized carbons (Fsp3) is 0.261. The number of benzene rings is 2. The van der Waals surface area contributed by atoms with Crippen LogP contribution in [0.2, 0.25) is 0 Å². The van der Waals surface area contributed by atoms with Gasteiger partial charge in [0.15, 0.2) is 0 Å². The van der Waals surface area contributed by atoms with Crippen molar-refractivity contribution in [2.45, 2.75) is 13.0 Å². The van der Waals surface area contributed by atoms with E-state index in [2.05, 4.69) is 10.4 Å². The number of anilines is 1. The molecule has 4 rings (SSSR count). The molecule has 7 nitrogen and oxygen atoms in total. The molecule has 1 saturated heterocycles. The molecule has 1 aliphatic heterocycles. The van der Waals surface area contributed by atoms with Crippen LogP contribution in [-0.4, -0.2) is 41.8 Å². The summed E-state index contributed by atoms with van der Waals surface area (Å²) in [6.07, 6.45) is 4.00. The number of methoxy groups -OCH3 is 1. The number of carbonyl (C=O) groups excluding carboxylic acids is 2. The Hall–Kier alpha value is -3.61. The van der Waals surface area contributed by atoms with Gasteiger partial charge in [-0.05, 0) is 29.8 Å². The van der Waals surface area contributed by atoms with Crippen molar-refractivity contribution in [1.82, 2.24) is 15.1 Å². The highest BCUT2D eigenvalue weighted by atomic mass is 16.5. The summed E-state index contributed by atoms with van der Waals surface area (Å²) in [5, 5.41) is 7.29. The molecule has 7 heteroatoms. The van der Waals surface area contributed by atoms with Gasteiger partial charge in [0.25, 0.3) is 0 Å². The van der Waals surface area contributed by atoms with Crippen molar-refractivity contribution in [1.29, 1.82) is 0 Å². The summed E-state index contributed by atoms with van der Waals surface area (Å²) in [6.45, 7) is 1.42. The summed E-state index contributed by atoms with van der Waals surface area (Å²) >= 11 is 0. The largest absolute Gasteiger partial charge is 0.497 e. The molecule has 1 atom stereocenters. The number of rotatable bonds is 7. The van der Waals surface area contributed by atoms with Crippen LogP contribution in [-0.2, 0) is 16.1 Å². The lowest BCUT2D eigenvalue weighted by Crippen LogP contribution is -2.34. The van der Waals surface area contributed by atoms with Crippen LogP contribution >= 0.6 is 0 Å². The van der Waals surface area contributed by atoms with Crippen LogP contribution in [0.1, 0.15) is 6.42 Å². The highest BCUT2D eigenvalue weighted by molar-refractivity contribution is 6.00. The van der Waals surface area contributed by atoms with Crippen LogP contribution in [0.15, 0.2) is 67.0 Å². The molecule has 0 unspecified atom stereocenters. The molecule has 2 heterocycles. The van der Waals surface area contributed by atoms with E-state index < -0.39 is 0 Å². The quantitative estimate of drug-likeness (QED) is 0.657. The van der Waals surface area contributed by atoms with Crippen molar-refractivity contribution in [3.05, 3.63) is 67.0 Å². The van der Waals surface area contributed by atoms with Gasteiger partial charge in [0, 0.05) is 37.0 Å². The normalized spacial score (nSPS) is 16.0. The number of nitrogens with one attached hydrogen (secondary N) is 1. The van der Waals surface area contributed by atoms with Crippen LogP contribution in [0.25, 0.3) is 11.1 Å². The molecular weight excluding hydrogens is 380 g/mol. The first kappa shape index (κ1) is 19.7. The molecule has 0 aliphatic carbocycles. The smallest absolute Gasteiger partial charge is 0.227 e. The van der Waals surface area contributed by atoms with Crippen LogP contribution in [0.5, 0.6) is 5.75 Å². The average molecular weight is 404 g/mol. The van der Waals surface area contributed by atoms with E-state index in [-0.39, 0.29) is 24.2 Å². The Balaban J connectivity index is 1.28. The monoisotopic (exact) mass is 404 g/mol. The first-order valence-corrected chi connectivity index (χ1v) is 9.94. The Bertz CT molecular complexity index is 1010. The van der Waals surface area contributed by atoms with Crippen molar-refractivity contribution in [3.8, 4) is 16.9 Å². The van der Waals surface area contributed by atoms with Gasteiger partial charge in [0.05, 0.1) is 25.8 Å². The summed E-state index contributed by atoms with van der Waals surface area (Å²) in [7, 11) is 1.60. The second kappa shape index (κ2) is 8.82. The standard InChI is InChI=1S/C23H24N4O3/c1-30-21-9-7-20(8-10-21)27-16-18(13-22(27)28)23(29)24-11-12-26-15-19(14-25-26)17-5-3-2-4-6-17/h2-10,14-15,18H,11-13,16H2,1H3,(H,24,29)/t18-/m0/s1. The van der Waals surface area contributed by atoms with Crippen LogP contribution in [0, 0.1) is 5.92 Å². The Labute approximate surface area is 175 Å². The number of hydrogen-bond donors (Lipinski definition) is 1. The topological polar surface area (TPSA) is 76.5 Å². The molecule has 1 aliphatic rings. The first-order chi connectivity index (χ1) is 14.6. The highest BCUT2D eigenvalue weighted by Crippen LogP contribution is 2.27. The maximum absolute atomic E-state index is 12.5. The Morgan fingerprint density at radius 1 is 1.13 bits per heavy atom. The fourth-order valence-corrected chi connectivity index (χ4v) is 3.60. The zero-order valence-corrected chi connectivity index (χ0v) is 16.8. The molecule has 0 spiro atoms. The molecule has 154 valence electrons. The SMILES string of the molecule is COc1ccc(N2C[C@@H](C(=O)NCCn3cc(-c4ccccc4)cn3)CC2=O)cc1. The number of nitrogens with zero attached hydrogens (tertiary/aromatic N) is 3. The summed E-state index contributed by atoms with van der Waals surface area (Å²) in [5.74, 6) is 0.237.